The van der Waals surface area contributed by atoms with Gasteiger partial charge in [-0.1, -0.05) is 55.8 Å². The van der Waals surface area contributed by atoms with E-state index in [-0.39, 0.29) is 0 Å². The summed E-state index contributed by atoms with van der Waals surface area (Å²) in [6.07, 6.45) is 0. The summed E-state index contributed by atoms with van der Waals surface area (Å²) >= 11 is 0. The molecular formula is C19H27OPSi. The number of rotatable bonds is 5. The van der Waals surface area contributed by atoms with E-state index in [9.17, 15) is 0 Å². The maximum Gasteiger partial charge on any atom is 0.242 e. The third kappa shape index (κ3) is 4.44. The summed E-state index contributed by atoms with van der Waals surface area (Å²) in [6, 6.07) is 17.5. The molecule has 0 saturated heterocycles. The first-order valence-corrected chi connectivity index (χ1v) is 12.7. The minimum absolute atomic E-state index is 0.403. The highest BCUT2D eigenvalue weighted by Gasteiger charge is 2.24. The van der Waals surface area contributed by atoms with Gasteiger partial charge in [0.05, 0.1) is 0 Å². The van der Waals surface area contributed by atoms with Crippen LogP contribution in [0, 0.1) is 6.92 Å². The predicted octanol–water partition coefficient (Wildman–Crippen LogP) is 5.05. The molecule has 0 radical (unpaired) electrons. The molecule has 0 aliphatic rings. The zero-order valence-corrected chi connectivity index (χ0v) is 16.4. The second-order valence-electron chi connectivity index (χ2n) is 6.98. The molecule has 22 heavy (non-hydrogen) atoms. The molecule has 2 rings (SSSR count). The minimum atomic E-state index is -1.62. The molecule has 0 heterocycles. The maximum atomic E-state index is 6.40. The molecule has 0 amide bonds. The molecule has 0 N–H and O–H groups in total. The third-order valence-corrected chi connectivity index (χ3v) is 6.93. The average molecular weight is 330 g/mol. The summed E-state index contributed by atoms with van der Waals surface area (Å²) in [4.78, 5) is 0. The van der Waals surface area contributed by atoms with Crippen LogP contribution in [0.25, 0.3) is 0 Å². The fourth-order valence-corrected chi connectivity index (χ4v) is 6.08. The monoisotopic (exact) mass is 330 g/mol. The van der Waals surface area contributed by atoms with Crippen LogP contribution in [0.5, 0.6) is 5.75 Å². The lowest BCUT2D eigenvalue weighted by Crippen LogP contribution is -2.32. The molecule has 2 aromatic carbocycles. The lowest BCUT2D eigenvalue weighted by Gasteiger charge is -2.28. The lowest BCUT2D eigenvalue weighted by molar-refractivity contribution is 0.562. The molecule has 0 spiro atoms. The van der Waals surface area contributed by atoms with Crippen molar-refractivity contribution in [2.45, 2.75) is 46.1 Å². The maximum absolute atomic E-state index is 6.40. The summed E-state index contributed by atoms with van der Waals surface area (Å²) < 4.78 is 6.40. The van der Waals surface area contributed by atoms with Crippen LogP contribution in [0.4, 0.5) is 0 Å². The highest BCUT2D eigenvalue weighted by Crippen LogP contribution is 2.42. The lowest BCUT2D eigenvalue weighted by atomic mass is 10.2. The molecule has 3 heteroatoms. The van der Waals surface area contributed by atoms with Gasteiger partial charge >= 0.3 is 0 Å². The first-order chi connectivity index (χ1) is 10.3. The molecule has 0 aromatic heterocycles. The molecule has 0 aliphatic carbocycles. The Morgan fingerprint density at radius 2 is 1.59 bits per heavy atom. The summed E-state index contributed by atoms with van der Waals surface area (Å²) in [5.41, 5.74) is 1.89. The summed E-state index contributed by atoms with van der Waals surface area (Å²) in [7, 11) is -2.02. The van der Waals surface area contributed by atoms with Gasteiger partial charge < -0.3 is 4.43 Å². The Hall–Kier alpha value is -1.11. The van der Waals surface area contributed by atoms with Crippen molar-refractivity contribution in [2.75, 3.05) is 0 Å². The van der Waals surface area contributed by atoms with E-state index in [1.807, 2.05) is 0 Å². The van der Waals surface area contributed by atoms with Crippen LogP contribution in [0.3, 0.4) is 0 Å². The normalized spacial score (nSPS) is 13.2. The second-order valence-corrected chi connectivity index (χ2v) is 14.2. The van der Waals surface area contributed by atoms with E-state index in [1.165, 1.54) is 16.2 Å². The van der Waals surface area contributed by atoms with Crippen LogP contribution in [0.2, 0.25) is 19.6 Å². The summed E-state index contributed by atoms with van der Waals surface area (Å²) in [5.74, 6) is 1.09. The van der Waals surface area contributed by atoms with Gasteiger partial charge in [0.1, 0.15) is 5.75 Å². The van der Waals surface area contributed by atoms with Crippen molar-refractivity contribution in [1.29, 1.82) is 0 Å². The predicted molar refractivity (Wildman–Crippen MR) is 103 cm³/mol. The highest BCUT2D eigenvalue weighted by atomic mass is 31.1. The first kappa shape index (κ1) is 17.2. The Morgan fingerprint density at radius 1 is 0.955 bits per heavy atom. The number of hydrogen-bond donors (Lipinski definition) is 0. The molecular weight excluding hydrogens is 303 g/mol. The van der Waals surface area contributed by atoms with Gasteiger partial charge in [0, 0.05) is 5.30 Å². The van der Waals surface area contributed by atoms with E-state index in [2.05, 4.69) is 88.9 Å². The van der Waals surface area contributed by atoms with E-state index in [4.69, 9.17) is 4.43 Å². The van der Waals surface area contributed by atoms with Crippen LogP contribution >= 0.6 is 7.92 Å². The molecule has 0 aliphatic heterocycles. The summed E-state index contributed by atoms with van der Waals surface area (Å²) in [5, 5.41) is 2.82. The van der Waals surface area contributed by atoms with Crippen molar-refractivity contribution < 1.29 is 4.43 Å². The fourth-order valence-electron chi connectivity index (χ4n) is 2.54. The topological polar surface area (TPSA) is 9.23 Å². The van der Waals surface area contributed by atoms with Gasteiger partial charge in [-0.3, -0.25) is 0 Å². The Balaban J connectivity index is 2.54. The molecule has 118 valence electrons. The SMILES string of the molecule is Cc1ccc(O[Si](C)(C)C)c(P(c2ccccc2)C(C)C)c1. The van der Waals surface area contributed by atoms with Crippen molar-refractivity contribution in [1.82, 2.24) is 0 Å². The Bertz CT molecular complexity index is 617. The smallest absolute Gasteiger partial charge is 0.242 e. The van der Waals surface area contributed by atoms with E-state index in [0.717, 1.165) is 5.75 Å². The standard InChI is InChI=1S/C19H27OPSi/c1-15(2)21(17-10-8-7-9-11-17)19-14-16(3)12-13-18(19)20-22(4,5)6/h7-15H,1-6H3. The van der Waals surface area contributed by atoms with Gasteiger partial charge in [0.25, 0.3) is 0 Å². The van der Waals surface area contributed by atoms with Crippen molar-refractivity contribution in [3.8, 4) is 5.75 Å². The highest BCUT2D eigenvalue weighted by molar-refractivity contribution is 7.73. The number of aryl methyl sites for hydroxylation is 1. The third-order valence-electron chi connectivity index (χ3n) is 3.34. The van der Waals surface area contributed by atoms with Gasteiger partial charge in [-0.15, -0.1) is 0 Å². The van der Waals surface area contributed by atoms with Crippen LogP contribution in [0.15, 0.2) is 48.5 Å². The zero-order chi connectivity index (χ0) is 16.3. The average Bonchev–Trinajstić information content (AvgIpc) is 2.41. The van der Waals surface area contributed by atoms with Crippen LogP contribution < -0.4 is 15.0 Å². The molecule has 1 atom stereocenters. The van der Waals surface area contributed by atoms with Gasteiger partial charge in [0.2, 0.25) is 8.32 Å². The van der Waals surface area contributed by atoms with E-state index in [0.29, 0.717) is 5.66 Å². The van der Waals surface area contributed by atoms with Gasteiger partial charge in [-0.2, -0.15) is 0 Å². The fraction of sp³-hybridized carbons (Fsp3) is 0.368. The first-order valence-electron chi connectivity index (χ1n) is 7.92. The van der Waals surface area contributed by atoms with Gasteiger partial charge in [-0.25, -0.2) is 0 Å². The zero-order valence-electron chi connectivity index (χ0n) is 14.6. The van der Waals surface area contributed by atoms with Crippen LogP contribution in [-0.4, -0.2) is 14.0 Å². The largest absolute Gasteiger partial charge is 0.544 e. The summed E-state index contributed by atoms with van der Waals surface area (Å²) in [6.45, 7) is 13.5. The Kier molecular flexibility index (Phi) is 5.47. The number of hydrogen-bond acceptors (Lipinski definition) is 1. The van der Waals surface area contributed by atoms with Crippen LogP contribution in [0.1, 0.15) is 19.4 Å². The van der Waals surface area contributed by atoms with Crippen molar-refractivity contribution in [2.24, 2.45) is 0 Å². The van der Waals surface area contributed by atoms with Crippen molar-refractivity contribution in [3.05, 3.63) is 54.1 Å². The Morgan fingerprint density at radius 3 is 2.14 bits per heavy atom. The van der Waals surface area contributed by atoms with Crippen molar-refractivity contribution >= 4 is 26.8 Å². The molecule has 2 aromatic rings. The second kappa shape index (κ2) is 6.98. The molecule has 0 fully saturated rings. The van der Waals surface area contributed by atoms with E-state index in [1.54, 1.807) is 0 Å². The molecule has 0 bridgehead atoms. The molecule has 0 saturated carbocycles. The quantitative estimate of drug-likeness (QED) is 0.550. The van der Waals surface area contributed by atoms with E-state index < -0.39 is 16.2 Å². The van der Waals surface area contributed by atoms with Crippen molar-refractivity contribution in [3.63, 3.8) is 0 Å². The molecule has 1 unspecified atom stereocenters. The van der Waals surface area contributed by atoms with Gasteiger partial charge in [-0.05, 0) is 57.6 Å². The number of benzene rings is 2. The molecule has 1 nitrogen and oxygen atoms in total. The van der Waals surface area contributed by atoms with Gasteiger partial charge in [0.15, 0.2) is 0 Å². The minimum Gasteiger partial charge on any atom is -0.544 e. The van der Waals surface area contributed by atoms with E-state index >= 15 is 0 Å². The van der Waals surface area contributed by atoms with Crippen LogP contribution in [-0.2, 0) is 0 Å². The Labute approximate surface area is 137 Å².